The average Bonchev–Trinajstić information content (AvgIpc) is 1.69. The summed E-state index contributed by atoms with van der Waals surface area (Å²) in [4.78, 5) is 0. The van der Waals surface area contributed by atoms with Crippen molar-refractivity contribution in [1.82, 2.24) is 0 Å². The fourth-order valence-corrected chi connectivity index (χ4v) is 0.642. The van der Waals surface area contributed by atoms with Crippen LogP contribution in [-0.2, 0) is 33.1 Å². The third kappa shape index (κ3) is 2.54. The van der Waals surface area contributed by atoms with Gasteiger partial charge in [-0.2, -0.15) is 0 Å². The Morgan fingerprint density at radius 3 is 1.75 bits per heavy atom. The van der Waals surface area contributed by atoms with Gasteiger partial charge < -0.3 is 0 Å². The van der Waals surface area contributed by atoms with Crippen molar-refractivity contribution in [2.45, 2.75) is 0 Å². The maximum absolute atomic E-state index is 3.31. The summed E-state index contributed by atoms with van der Waals surface area (Å²) in [6.45, 7) is 0. The summed E-state index contributed by atoms with van der Waals surface area (Å²) in [5.74, 6) is 0. The number of benzene rings is 1. The van der Waals surface area contributed by atoms with Crippen molar-refractivity contribution >= 4 is 4.46 Å². The third-order valence-electron chi connectivity index (χ3n) is 0.733. The van der Waals surface area contributed by atoms with Gasteiger partial charge in [0.1, 0.15) is 0 Å². The Labute approximate surface area is 68.0 Å². The molecule has 0 radical (unpaired) electrons. The van der Waals surface area contributed by atoms with E-state index in [2.05, 4.69) is 16.0 Å². The average molecular weight is 188 g/mol. The van der Waals surface area contributed by atoms with Crippen molar-refractivity contribution in [3.05, 3.63) is 30.3 Å². The summed E-state index contributed by atoms with van der Waals surface area (Å²) in [5, 5.41) is 0. The van der Waals surface area contributed by atoms with Crippen LogP contribution in [0.15, 0.2) is 30.3 Å². The van der Waals surface area contributed by atoms with Gasteiger partial charge in [-0.1, -0.05) is 0 Å². The van der Waals surface area contributed by atoms with Gasteiger partial charge in [0.05, 0.1) is 0 Å². The van der Waals surface area contributed by atoms with Crippen LogP contribution in [0.25, 0.3) is 0 Å². The van der Waals surface area contributed by atoms with Crippen LogP contribution in [0.1, 0.15) is 0 Å². The van der Waals surface area contributed by atoms with Gasteiger partial charge in [-0.25, -0.2) is 0 Å². The van der Waals surface area contributed by atoms with E-state index in [1.54, 1.807) is 0 Å². The molecule has 0 unspecified atom stereocenters. The predicted molar refractivity (Wildman–Crippen MR) is 26.1 cm³/mol. The first kappa shape index (κ1) is 8.26. The molecule has 0 aliphatic carbocycles. The Bertz CT molecular complexity index is 138. The zero-order valence-electron chi connectivity index (χ0n) is 4.12. The molecule has 0 saturated carbocycles. The predicted octanol–water partition coefficient (Wildman–Crippen LogP) is 0.856. The molecule has 2 heteroatoms. The Morgan fingerprint density at radius 2 is 1.50 bits per heavy atom. The van der Waals surface area contributed by atoms with E-state index in [1.807, 2.05) is 30.3 Å². The van der Waals surface area contributed by atoms with E-state index in [4.69, 9.17) is 0 Å². The molecule has 1 rings (SSSR count). The zero-order chi connectivity index (χ0) is 5.11. The summed E-state index contributed by atoms with van der Waals surface area (Å²) in [6, 6.07) is 9.97. The fraction of sp³-hybridized carbons (Fsp3) is 0. The van der Waals surface area contributed by atoms with Gasteiger partial charge in [-0.15, -0.1) is 0 Å². The number of hydrogen-bond donors (Lipinski definition) is 0. The second-order valence-corrected chi connectivity index (χ2v) is 1.98. The Morgan fingerprint density at radius 1 is 1.00 bits per heavy atom. The first-order chi connectivity index (χ1) is 3.39. The van der Waals surface area contributed by atoms with Crippen molar-refractivity contribution in [2.75, 3.05) is 0 Å². The number of hydrogen-bond acceptors (Lipinski definition) is 0. The van der Waals surface area contributed by atoms with Crippen LogP contribution in [0, 0.1) is 0 Å². The molecule has 0 aromatic heterocycles. The normalized spacial score (nSPS) is 7.62. The van der Waals surface area contributed by atoms with Crippen molar-refractivity contribution in [3.8, 4) is 0 Å². The molecule has 0 bridgehead atoms. The van der Waals surface area contributed by atoms with E-state index in [1.165, 1.54) is 0 Å². The first-order valence-electron chi connectivity index (χ1n) is 2.10. The molecule has 0 spiro atoms. The van der Waals surface area contributed by atoms with Crippen LogP contribution in [0.3, 0.4) is 0 Å². The summed E-state index contributed by atoms with van der Waals surface area (Å²) in [6.07, 6.45) is 0. The van der Waals surface area contributed by atoms with Gasteiger partial charge in [0, 0.05) is 17.1 Å². The minimum absolute atomic E-state index is 0. The van der Waals surface area contributed by atoms with E-state index >= 15 is 0 Å². The second-order valence-electron chi connectivity index (χ2n) is 1.30. The van der Waals surface area contributed by atoms with Crippen LogP contribution in [0.5, 0.6) is 0 Å². The van der Waals surface area contributed by atoms with E-state index < -0.39 is 0 Å². The van der Waals surface area contributed by atoms with Gasteiger partial charge in [0.25, 0.3) is 0 Å². The monoisotopic (exact) mass is 188 g/mol. The molecule has 0 aliphatic heterocycles. The molecular formula is C6H5FeMn. The number of rotatable bonds is 0. The van der Waals surface area contributed by atoms with E-state index in [9.17, 15) is 0 Å². The second kappa shape index (κ2) is 4.17. The van der Waals surface area contributed by atoms with Crippen molar-refractivity contribution < 1.29 is 33.1 Å². The third-order valence-corrected chi connectivity index (χ3v) is 1.13. The van der Waals surface area contributed by atoms with Gasteiger partial charge >= 0.3 is 50.8 Å². The quantitative estimate of drug-likeness (QED) is 0.529. The summed E-state index contributed by atoms with van der Waals surface area (Å²) < 4.78 is 1.13. The molecule has 1 aromatic rings. The van der Waals surface area contributed by atoms with Crippen LogP contribution in [0.4, 0.5) is 0 Å². The van der Waals surface area contributed by atoms with Crippen LogP contribution < -0.4 is 4.46 Å². The van der Waals surface area contributed by atoms with Crippen molar-refractivity contribution in [1.29, 1.82) is 0 Å². The first-order valence-corrected chi connectivity index (χ1v) is 2.69. The van der Waals surface area contributed by atoms with Gasteiger partial charge in [-0.3, -0.25) is 0 Å². The molecule has 0 nitrogen and oxygen atoms in total. The molecule has 0 amide bonds. The SMILES string of the molecule is [Fe].[Mn][c]1ccccc1. The maximum atomic E-state index is 3.31. The van der Waals surface area contributed by atoms with Crippen LogP contribution in [0.2, 0.25) is 0 Å². The molecule has 0 aliphatic rings. The minimum atomic E-state index is 0. The molecule has 44 valence electrons. The van der Waals surface area contributed by atoms with E-state index in [0.29, 0.717) is 0 Å². The molecular weight excluding hydrogens is 183 g/mol. The standard InChI is InChI=1S/C6H5.Fe.Mn/c1-2-4-6-5-3-1;;/h1-5H;;. The Balaban J connectivity index is 0.000000490. The summed E-state index contributed by atoms with van der Waals surface area (Å²) >= 11 is 3.31. The van der Waals surface area contributed by atoms with E-state index in [-0.39, 0.29) is 17.1 Å². The van der Waals surface area contributed by atoms with Crippen molar-refractivity contribution in [3.63, 3.8) is 0 Å². The van der Waals surface area contributed by atoms with Crippen LogP contribution in [-0.4, -0.2) is 0 Å². The van der Waals surface area contributed by atoms with Gasteiger partial charge in [0.2, 0.25) is 0 Å². The molecule has 0 saturated heterocycles. The van der Waals surface area contributed by atoms with Crippen LogP contribution >= 0.6 is 0 Å². The summed E-state index contributed by atoms with van der Waals surface area (Å²) in [5.41, 5.74) is 0. The molecule has 1 aromatic carbocycles. The Kier molecular flexibility index (Phi) is 4.30. The topological polar surface area (TPSA) is 0 Å². The zero-order valence-corrected chi connectivity index (χ0v) is 6.40. The van der Waals surface area contributed by atoms with Gasteiger partial charge in [0.15, 0.2) is 0 Å². The molecule has 0 N–H and O–H groups in total. The Hall–Kier alpha value is 0.259. The van der Waals surface area contributed by atoms with Crippen molar-refractivity contribution in [2.24, 2.45) is 0 Å². The fourth-order valence-electron chi connectivity index (χ4n) is 0.415. The molecule has 0 heterocycles. The van der Waals surface area contributed by atoms with Gasteiger partial charge in [-0.05, 0) is 0 Å². The molecule has 0 atom stereocenters. The molecule has 8 heavy (non-hydrogen) atoms. The molecule has 0 fully saturated rings. The summed E-state index contributed by atoms with van der Waals surface area (Å²) in [7, 11) is 0. The van der Waals surface area contributed by atoms with E-state index in [0.717, 1.165) is 4.46 Å².